The predicted octanol–water partition coefficient (Wildman–Crippen LogP) is 4.80. The Balaban J connectivity index is 1.85. The first-order valence-corrected chi connectivity index (χ1v) is 11.3. The van der Waals surface area contributed by atoms with Crippen molar-refractivity contribution in [3.63, 3.8) is 0 Å². The van der Waals surface area contributed by atoms with E-state index in [1.54, 1.807) is 16.9 Å². The number of esters is 1. The lowest BCUT2D eigenvalue weighted by molar-refractivity contribution is 0.0601. The summed E-state index contributed by atoms with van der Waals surface area (Å²) in [5.74, 6) is -0.350. The molecule has 4 rings (SSSR count). The number of carbonyl (C=O) groups is 2. The number of hydrogen-bond donors (Lipinski definition) is 1. The molecule has 0 aliphatic rings. The topological polar surface area (TPSA) is 105 Å². The molecule has 0 saturated carbocycles. The number of nitrogens with one attached hydrogen (secondary N) is 1. The molecule has 3 aromatic heterocycles. The fourth-order valence-electron chi connectivity index (χ4n) is 3.59. The normalized spacial score (nSPS) is 11.0. The van der Waals surface area contributed by atoms with Crippen molar-refractivity contribution in [3.05, 3.63) is 53.0 Å². The van der Waals surface area contributed by atoms with Gasteiger partial charge in [0.05, 0.1) is 60.3 Å². The number of nitrogens with zero attached hydrogens (tertiary/aromatic N) is 3. The zero-order chi connectivity index (χ0) is 24.4. The van der Waals surface area contributed by atoms with Gasteiger partial charge in [0.25, 0.3) is 5.91 Å². The summed E-state index contributed by atoms with van der Waals surface area (Å²) in [7, 11) is 4.20. The highest BCUT2D eigenvalue weighted by molar-refractivity contribution is 7.13. The van der Waals surface area contributed by atoms with Crippen molar-refractivity contribution in [2.24, 2.45) is 0 Å². The Hall–Kier alpha value is -3.92. The zero-order valence-electron chi connectivity index (χ0n) is 19.4. The number of carbonyl (C=O) groups excluding carboxylic acids is 2. The zero-order valence-corrected chi connectivity index (χ0v) is 20.2. The molecule has 176 valence electrons. The second-order valence-corrected chi connectivity index (χ2v) is 8.60. The maximum atomic E-state index is 13.5. The lowest BCUT2D eigenvalue weighted by Crippen LogP contribution is -2.17. The Labute approximate surface area is 200 Å². The maximum Gasteiger partial charge on any atom is 0.340 e. The van der Waals surface area contributed by atoms with Crippen LogP contribution in [-0.2, 0) is 4.74 Å². The monoisotopic (exact) mass is 480 g/mol. The molecule has 1 aromatic carbocycles. The van der Waals surface area contributed by atoms with Crippen LogP contribution < -0.4 is 14.8 Å². The summed E-state index contributed by atoms with van der Waals surface area (Å²) in [5.41, 5.74) is 2.01. The second kappa shape index (κ2) is 9.52. The van der Waals surface area contributed by atoms with Crippen molar-refractivity contribution >= 4 is 39.9 Å². The molecule has 1 N–H and O–H groups in total. The van der Waals surface area contributed by atoms with Crippen LogP contribution in [0.1, 0.15) is 40.6 Å². The maximum absolute atomic E-state index is 13.5. The first kappa shape index (κ1) is 23.2. The number of ether oxygens (including phenoxy) is 3. The van der Waals surface area contributed by atoms with Crippen LogP contribution in [-0.4, -0.2) is 48.0 Å². The lowest BCUT2D eigenvalue weighted by atomic mass is 10.1. The summed E-state index contributed by atoms with van der Waals surface area (Å²) in [5, 5.41) is 9.83. The van der Waals surface area contributed by atoms with Gasteiger partial charge in [-0.25, -0.2) is 14.5 Å². The van der Waals surface area contributed by atoms with Crippen molar-refractivity contribution in [2.75, 3.05) is 26.6 Å². The molecule has 9 nitrogen and oxygen atoms in total. The first-order chi connectivity index (χ1) is 16.4. The van der Waals surface area contributed by atoms with E-state index in [0.717, 1.165) is 4.88 Å². The van der Waals surface area contributed by atoms with Gasteiger partial charge in [0.15, 0.2) is 17.1 Å². The fraction of sp³-hybridized carbons (Fsp3) is 0.250. The summed E-state index contributed by atoms with van der Waals surface area (Å²) in [6.07, 6.45) is 1.63. The van der Waals surface area contributed by atoms with E-state index in [1.807, 2.05) is 31.4 Å². The molecule has 3 heterocycles. The number of fused-ring (bicyclic) bond motifs is 1. The van der Waals surface area contributed by atoms with E-state index in [4.69, 9.17) is 19.2 Å². The Morgan fingerprint density at radius 2 is 1.79 bits per heavy atom. The van der Waals surface area contributed by atoms with E-state index in [0.29, 0.717) is 33.8 Å². The van der Waals surface area contributed by atoms with Crippen LogP contribution in [0.5, 0.6) is 11.5 Å². The molecule has 10 heteroatoms. The quantitative estimate of drug-likeness (QED) is 0.379. The Bertz CT molecular complexity index is 1360. The van der Waals surface area contributed by atoms with Gasteiger partial charge < -0.3 is 19.5 Å². The number of benzene rings is 1. The first-order valence-electron chi connectivity index (χ1n) is 10.5. The largest absolute Gasteiger partial charge is 0.493 e. The van der Waals surface area contributed by atoms with Gasteiger partial charge in [-0.15, -0.1) is 11.3 Å². The number of amides is 1. The number of aromatic nitrogens is 3. The van der Waals surface area contributed by atoms with Gasteiger partial charge in [0.2, 0.25) is 0 Å². The summed E-state index contributed by atoms with van der Waals surface area (Å²) in [4.78, 5) is 31.7. The molecular weight excluding hydrogens is 456 g/mol. The molecule has 0 atom stereocenters. The summed E-state index contributed by atoms with van der Waals surface area (Å²) >= 11 is 1.53. The number of thiophene rings is 1. The van der Waals surface area contributed by atoms with Crippen molar-refractivity contribution in [1.82, 2.24) is 14.8 Å². The molecule has 0 unspecified atom stereocenters. The van der Waals surface area contributed by atoms with E-state index in [-0.39, 0.29) is 17.3 Å². The van der Waals surface area contributed by atoms with Crippen molar-refractivity contribution in [3.8, 4) is 22.1 Å². The van der Waals surface area contributed by atoms with Gasteiger partial charge in [-0.1, -0.05) is 6.07 Å². The van der Waals surface area contributed by atoms with E-state index in [1.165, 1.54) is 44.8 Å². The minimum atomic E-state index is -0.622. The van der Waals surface area contributed by atoms with Crippen LogP contribution in [0.3, 0.4) is 0 Å². The van der Waals surface area contributed by atoms with Crippen LogP contribution in [0.2, 0.25) is 0 Å². The molecular formula is C24H24N4O5S. The van der Waals surface area contributed by atoms with Gasteiger partial charge >= 0.3 is 5.97 Å². The van der Waals surface area contributed by atoms with Gasteiger partial charge in [-0.05, 0) is 31.4 Å². The minimum absolute atomic E-state index is 0.0521. The third-order valence-electron chi connectivity index (χ3n) is 5.25. The number of pyridine rings is 1. The van der Waals surface area contributed by atoms with Gasteiger partial charge in [0, 0.05) is 18.2 Å². The molecule has 0 saturated heterocycles. The van der Waals surface area contributed by atoms with Crippen molar-refractivity contribution < 1.29 is 23.8 Å². The van der Waals surface area contributed by atoms with E-state index < -0.39 is 11.9 Å². The molecule has 4 aromatic rings. The minimum Gasteiger partial charge on any atom is -0.493 e. The Morgan fingerprint density at radius 1 is 1.06 bits per heavy atom. The number of methoxy groups -OCH3 is 3. The van der Waals surface area contributed by atoms with Crippen molar-refractivity contribution in [2.45, 2.75) is 19.9 Å². The fourth-order valence-corrected chi connectivity index (χ4v) is 4.27. The molecule has 0 spiro atoms. The average molecular weight is 481 g/mol. The molecule has 34 heavy (non-hydrogen) atoms. The third kappa shape index (κ3) is 4.19. The van der Waals surface area contributed by atoms with Gasteiger partial charge in [-0.3, -0.25) is 4.79 Å². The smallest absolute Gasteiger partial charge is 0.340 e. The predicted molar refractivity (Wildman–Crippen MR) is 130 cm³/mol. The van der Waals surface area contributed by atoms with E-state index >= 15 is 0 Å². The summed E-state index contributed by atoms with van der Waals surface area (Å²) in [6.45, 7) is 4.00. The number of rotatable bonds is 7. The van der Waals surface area contributed by atoms with Gasteiger partial charge in [-0.2, -0.15) is 5.10 Å². The van der Waals surface area contributed by atoms with Crippen molar-refractivity contribution in [1.29, 1.82) is 0 Å². The molecule has 0 aliphatic heterocycles. The van der Waals surface area contributed by atoms with Gasteiger partial charge in [0.1, 0.15) is 0 Å². The SMILES string of the molecule is COC(=O)c1cc(OC)c(OC)cc1NC(=O)c1cc(-c2cccs2)nc2c1cnn2C(C)C. The number of anilines is 1. The average Bonchev–Trinajstić information content (AvgIpc) is 3.52. The molecule has 0 fully saturated rings. The van der Waals surface area contributed by atoms with E-state index in [9.17, 15) is 9.59 Å². The molecule has 0 radical (unpaired) electrons. The third-order valence-corrected chi connectivity index (χ3v) is 6.14. The van der Waals surface area contributed by atoms with Crippen LogP contribution in [0.4, 0.5) is 5.69 Å². The summed E-state index contributed by atoms with van der Waals surface area (Å²) in [6, 6.07) is 8.65. The van der Waals surface area contributed by atoms with Crippen LogP contribution in [0, 0.1) is 0 Å². The molecule has 1 amide bonds. The molecule has 0 bridgehead atoms. The second-order valence-electron chi connectivity index (χ2n) is 7.65. The number of hydrogen-bond acceptors (Lipinski definition) is 8. The lowest BCUT2D eigenvalue weighted by Gasteiger charge is -2.15. The highest BCUT2D eigenvalue weighted by Gasteiger charge is 2.23. The molecule has 0 aliphatic carbocycles. The van der Waals surface area contributed by atoms with Crippen LogP contribution in [0.15, 0.2) is 41.9 Å². The van der Waals surface area contributed by atoms with Crippen LogP contribution in [0.25, 0.3) is 21.6 Å². The Kier molecular flexibility index (Phi) is 6.51. The highest BCUT2D eigenvalue weighted by atomic mass is 32.1. The standard InChI is InChI=1S/C24H24N4O5S/c1-13(2)28-22-16(12-25-28)14(9-18(26-22)21-7-6-8-34-21)23(29)27-17-11-20(32-4)19(31-3)10-15(17)24(30)33-5/h6-13H,1-5H3,(H,27,29). The summed E-state index contributed by atoms with van der Waals surface area (Å²) < 4.78 is 17.3. The van der Waals surface area contributed by atoms with Crippen LogP contribution >= 0.6 is 11.3 Å². The Morgan fingerprint density at radius 3 is 2.41 bits per heavy atom. The highest BCUT2D eigenvalue weighted by Crippen LogP contribution is 2.35. The van der Waals surface area contributed by atoms with E-state index in [2.05, 4.69) is 10.4 Å².